The Morgan fingerprint density at radius 2 is 1.86 bits per heavy atom. The zero-order chi connectivity index (χ0) is 15.7. The highest BCUT2D eigenvalue weighted by atomic mass is 19.3. The van der Waals surface area contributed by atoms with Crippen LogP contribution >= 0.6 is 0 Å². The summed E-state index contributed by atoms with van der Waals surface area (Å²) >= 11 is 0. The Balaban J connectivity index is 2.38. The van der Waals surface area contributed by atoms with Gasteiger partial charge in [0.2, 0.25) is 0 Å². The van der Waals surface area contributed by atoms with Gasteiger partial charge in [-0.1, -0.05) is 39.0 Å². The Bertz CT molecular complexity index is 413. The lowest BCUT2D eigenvalue weighted by molar-refractivity contribution is -0.0521. The molecule has 21 heavy (non-hydrogen) atoms. The van der Waals surface area contributed by atoms with E-state index in [-0.39, 0.29) is 6.04 Å². The number of alkyl halides is 2. The average molecular weight is 303 g/mol. The van der Waals surface area contributed by atoms with E-state index >= 15 is 0 Å². The monoisotopic (exact) mass is 303 g/mol. The predicted octanol–water partition coefficient (Wildman–Crippen LogP) is 5.59. The van der Waals surface area contributed by atoms with Gasteiger partial charge in [-0.15, -0.1) is 0 Å². The average Bonchev–Trinajstić information content (AvgIpc) is 2.41. The molecular formula is C16H24F3NO. The van der Waals surface area contributed by atoms with Crippen molar-refractivity contribution in [2.45, 2.75) is 65.0 Å². The zero-order valence-corrected chi connectivity index (χ0v) is 12.7. The summed E-state index contributed by atoms with van der Waals surface area (Å²) < 4.78 is 41.7. The topological polar surface area (TPSA) is 21.3 Å². The minimum atomic E-state index is -3.01. The van der Waals surface area contributed by atoms with Crippen molar-refractivity contribution in [3.63, 3.8) is 0 Å². The van der Waals surface area contributed by atoms with Crippen LogP contribution in [0.1, 0.15) is 52.4 Å². The molecule has 0 saturated heterocycles. The van der Waals surface area contributed by atoms with Gasteiger partial charge in [0.15, 0.2) is 11.6 Å². The van der Waals surface area contributed by atoms with Gasteiger partial charge in [-0.25, -0.2) is 4.39 Å². The van der Waals surface area contributed by atoms with E-state index in [1.807, 2.05) is 6.92 Å². The molecule has 1 aromatic carbocycles. The number of unbranched alkanes of at least 4 members (excludes halogenated alkanes) is 4. The molecular weight excluding hydrogens is 279 g/mol. The summed E-state index contributed by atoms with van der Waals surface area (Å²) in [4.78, 5) is 0. The van der Waals surface area contributed by atoms with Crippen molar-refractivity contribution in [3.8, 4) is 5.75 Å². The van der Waals surface area contributed by atoms with Crippen LogP contribution in [0.5, 0.6) is 5.75 Å². The van der Waals surface area contributed by atoms with Gasteiger partial charge in [0.25, 0.3) is 0 Å². The Morgan fingerprint density at radius 3 is 2.48 bits per heavy atom. The van der Waals surface area contributed by atoms with Gasteiger partial charge in [0.1, 0.15) is 0 Å². The van der Waals surface area contributed by atoms with E-state index < -0.39 is 18.2 Å². The lowest BCUT2D eigenvalue weighted by Crippen LogP contribution is -2.15. The highest BCUT2D eigenvalue weighted by Gasteiger charge is 2.11. The number of ether oxygens (including phenoxy) is 1. The van der Waals surface area contributed by atoms with Gasteiger partial charge in [-0.3, -0.25) is 0 Å². The normalized spacial score (nSPS) is 12.5. The summed E-state index contributed by atoms with van der Waals surface area (Å²) in [6.07, 6.45) is 7.06. The molecule has 0 aliphatic rings. The first-order valence-electron chi connectivity index (χ1n) is 7.53. The molecule has 1 aromatic rings. The van der Waals surface area contributed by atoms with Gasteiger partial charge in [0.05, 0.1) is 0 Å². The van der Waals surface area contributed by atoms with E-state index in [0.717, 1.165) is 12.8 Å². The molecule has 0 aliphatic carbocycles. The molecule has 0 saturated carbocycles. The standard InChI is InChI=1S/C16H24F3NO/c1-3-4-5-6-7-8-12(2)20-13-9-10-15(14(17)11-13)21-16(18)19/h9-12,16,20H,3-8H2,1-2H3. The number of hydrogen-bond donors (Lipinski definition) is 1. The van der Waals surface area contributed by atoms with Crippen molar-refractivity contribution in [1.82, 2.24) is 0 Å². The fraction of sp³-hybridized carbons (Fsp3) is 0.625. The second-order valence-electron chi connectivity index (χ2n) is 5.27. The second kappa shape index (κ2) is 9.53. The van der Waals surface area contributed by atoms with E-state index in [1.165, 1.54) is 37.8 Å². The van der Waals surface area contributed by atoms with Crippen molar-refractivity contribution in [1.29, 1.82) is 0 Å². The van der Waals surface area contributed by atoms with Gasteiger partial charge in [-0.05, 0) is 25.5 Å². The van der Waals surface area contributed by atoms with Crippen molar-refractivity contribution >= 4 is 5.69 Å². The molecule has 0 radical (unpaired) electrons. The molecule has 0 spiro atoms. The van der Waals surface area contributed by atoms with Crippen LogP contribution in [0.25, 0.3) is 0 Å². The molecule has 1 rings (SSSR count). The minimum Gasteiger partial charge on any atom is -0.432 e. The van der Waals surface area contributed by atoms with Crippen molar-refractivity contribution in [3.05, 3.63) is 24.0 Å². The van der Waals surface area contributed by atoms with Crippen LogP contribution in [-0.2, 0) is 0 Å². The summed E-state index contributed by atoms with van der Waals surface area (Å²) in [6, 6.07) is 4.17. The molecule has 2 nitrogen and oxygen atoms in total. The Kier molecular flexibility index (Phi) is 8.01. The molecule has 0 aromatic heterocycles. The van der Waals surface area contributed by atoms with Crippen molar-refractivity contribution < 1.29 is 17.9 Å². The molecule has 5 heteroatoms. The number of rotatable bonds is 10. The third-order valence-corrected chi connectivity index (χ3v) is 3.30. The third kappa shape index (κ3) is 7.25. The fourth-order valence-corrected chi connectivity index (χ4v) is 2.19. The number of benzene rings is 1. The highest BCUT2D eigenvalue weighted by molar-refractivity contribution is 5.47. The minimum absolute atomic E-state index is 0.216. The Hall–Kier alpha value is -1.39. The van der Waals surface area contributed by atoms with Crippen LogP contribution in [0.4, 0.5) is 18.9 Å². The van der Waals surface area contributed by atoms with Crippen LogP contribution in [0, 0.1) is 5.82 Å². The van der Waals surface area contributed by atoms with Gasteiger partial charge >= 0.3 is 6.61 Å². The lowest BCUT2D eigenvalue weighted by Gasteiger charge is -2.16. The van der Waals surface area contributed by atoms with E-state index in [1.54, 1.807) is 6.07 Å². The van der Waals surface area contributed by atoms with Gasteiger partial charge in [0, 0.05) is 17.8 Å². The molecule has 1 unspecified atom stereocenters. The van der Waals surface area contributed by atoms with E-state index in [2.05, 4.69) is 17.0 Å². The van der Waals surface area contributed by atoms with E-state index in [0.29, 0.717) is 5.69 Å². The molecule has 0 aliphatic heterocycles. The highest BCUT2D eigenvalue weighted by Crippen LogP contribution is 2.23. The summed E-state index contributed by atoms with van der Waals surface area (Å²) in [7, 11) is 0. The quantitative estimate of drug-likeness (QED) is 0.569. The molecule has 1 atom stereocenters. The number of anilines is 1. The summed E-state index contributed by atoms with van der Waals surface area (Å²) in [5, 5.41) is 3.17. The maximum atomic E-state index is 13.6. The summed E-state index contributed by atoms with van der Waals surface area (Å²) in [5.74, 6) is -1.21. The molecule has 1 N–H and O–H groups in total. The number of halogens is 3. The summed E-state index contributed by atoms with van der Waals surface area (Å²) in [6.45, 7) is 1.20. The predicted molar refractivity (Wildman–Crippen MR) is 79.5 cm³/mol. The Morgan fingerprint density at radius 1 is 1.14 bits per heavy atom. The first-order chi connectivity index (χ1) is 10.0. The van der Waals surface area contributed by atoms with Crippen LogP contribution in [0.2, 0.25) is 0 Å². The van der Waals surface area contributed by atoms with Crippen LogP contribution in [-0.4, -0.2) is 12.7 Å². The SMILES string of the molecule is CCCCCCCC(C)Nc1ccc(OC(F)F)c(F)c1. The van der Waals surface area contributed by atoms with Crippen LogP contribution < -0.4 is 10.1 Å². The van der Waals surface area contributed by atoms with Gasteiger partial charge in [-0.2, -0.15) is 8.78 Å². The van der Waals surface area contributed by atoms with E-state index in [9.17, 15) is 13.2 Å². The number of nitrogens with one attached hydrogen (secondary N) is 1. The first-order valence-corrected chi connectivity index (χ1v) is 7.53. The molecule has 0 heterocycles. The van der Waals surface area contributed by atoms with Crippen LogP contribution in [0.15, 0.2) is 18.2 Å². The Labute approximate surface area is 124 Å². The first kappa shape index (κ1) is 17.7. The molecule has 0 amide bonds. The maximum Gasteiger partial charge on any atom is 0.387 e. The summed E-state index contributed by atoms with van der Waals surface area (Å²) in [5.41, 5.74) is 0.579. The fourth-order valence-electron chi connectivity index (χ4n) is 2.19. The maximum absolute atomic E-state index is 13.6. The molecule has 0 fully saturated rings. The zero-order valence-electron chi connectivity index (χ0n) is 12.7. The molecule has 120 valence electrons. The second-order valence-corrected chi connectivity index (χ2v) is 5.27. The van der Waals surface area contributed by atoms with Crippen molar-refractivity contribution in [2.75, 3.05) is 5.32 Å². The van der Waals surface area contributed by atoms with Crippen molar-refractivity contribution in [2.24, 2.45) is 0 Å². The van der Waals surface area contributed by atoms with Gasteiger partial charge < -0.3 is 10.1 Å². The van der Waals surface area contributed by atoms with E-state index in [4.69, 9.17) is 0 Å². The third-order valence-electron chi connectivity index (χ3n) is 3.30. The largest absolute Gasteiger partial charge is 0.432 e. The smallest absolute Gasteiger partial charge is 0.387 e. The number of hydrogen-bond acceptors (Lipinski definition) is 2. The lowest BCUT2D eigenvalue weighted by atomic mass is 10.1. The molecule has 0 bridgehead atoms. The van der Waals surface area contributed by atoms with Crippen LogP contribution in [0.3, 0.4) is 0 Å².